The number of aromatic nitrogens is 3. The lowest BCUT2D eigenvalue weighted by Crippen LogP contribution is -2.49. The number of methoxy groups -OCH3 is 1. The Morgan fingerprint density at radius 2 is 1.72 bits per heavy atom. The Kier molecular flexibility index (Phi) is 5.41. The molecule has 5 rings (SSSR count). The van der Waals surface area contributed by atoms with Crippen LogP contribution in [-0.2, 0) is 10.2 Å². The topological polar surface area (TPSA) is 77.3 Å². The van der Waals surface area contributed by atoms with Crippen LogP contribution in [0.25, 0.3) is 10.9 Å². The molecule has 0 radical (unpaired) electrons. The molecule has 0 bridgehead atoms. The van der Waals surface area contributed by atoms with Crippen molar-refractivity contribution >= 4 is 16.8 Å². The number of fused-ring (bicyclic) bond motifs is 1. The van der Waals surface area contributed by atoms with Crippen molar-refractivity contribution in [3.63, 3.8) is 0 Å². The Labute approximate surface area is 187 Å². The lowest BCUT2D eigenvalue weighted by atomic mass is 9.77. The summed E-state index contributed by atoms with van der Waals surface area (Å²) < 4.78 is 6.81. The molecular weight excluding hydrogens is 404 g/mol. The van der Waals surface area contributed by atoms with Crippen LogP contribution in [0.3, 0.4) is 0 Å². The normalized spacial score (nSPS) is 18.7. The van der Waals surface area contributed by atoms with Crippen molar-refractivity contribution in [1.82, 2.24) is 19.9 Å². The maximum atomic E-state index is 13.8. The number of piperidine rings is 1. The second-order valence-corrected chi connectivity index (χ2v) is 8.90. The third-order valence-electron chi connectivity index (χ3n) is 7.20. The van der Waals surface area contributed by atoms with E-state index < -0.39 is 5.41 Å². The molecule has 3 aromatic rings. The van der Waals surface area contributed by atoms with Crippen molar-refractivity contribution in [3.05, 3.63) is 64.4 Å². The highest BCUT2D eigenvalue weighted by Crippen LogP contribution is 2.43. The van der Waals surface area contributed by atoms with Gasteiger partial charge in [0.1, 0.15) is 11.3 Å². The molecule has 2 aromatic carbocycles. The van der Waals surface area contributed by atoms with Gasteiger partial charge in [-0.05, 0) is 55.5 Å². The van der Waals surface area contributed by atoms with Crippen molar-refractivity contribution in [3.8, 4) is 5.75 Å². The third-order valence-corrected chi connectivity index (χ3v) is 7.20. The van der Waals surface area contributed by atoms with Gasteiger partial charge < -0.3 is 9.64 Å². The lowest BCUT2D eigenvalue weighted by Gasteiger charge is -2.38. The molecule has 1 aliphatic heterocycles. The van der Waals surface area contributed by atoms with Crippen LogP contribution in [0.2, 0.25) is 0 Å². The van der Waals surface area contributed by atoms with Crippen LogP contribution < -0.4 is 10.3 Å². The summed E-state index contributed by atoms with van der Waals surface area (Å²) in [6, 6.07) is 15.2. The summed E-state index contributed by atoms with van der Waals surface area (Å²) in [7, 11) is 1.65. The van der Waals surface area contributed by atoms with Gasteiger partial charge in [-0.1, -0.05) is 42.3 Å². The van der Waals surface area contributed by atoms with Crippen molar-refractivity contribution in [2.24, 2.45) is 0 Å². The van der Waals surface area contributed by atoms with Gasteiger partial charge in [0.2, 0.25) is 5.91 Å². The summed E-state index contributed by atoms with van der Waals surface area (Å²) in [5.41, 5.74) is 1.15. The van der Waals surface area contributed by atoms with Gasteiger partial charge in [-0.2, -0.15) is 0 Å². The Balaban J connectivity index is 1.34. The number of carbonyl (C=O) groups is 1. The number of benzene rings is 2. The van der Waals surface area contributed by atoms with Crippen molar-refractivity contribution in [2.75, 3.05) is 20.2 Å². The van der Waals surface area contributed by atoms with Gasteiger partial charge in [-0.15, -0.1) is 5.10 Å². The van der Waals surface area contributed by atoms with E-state index in [9.17, 15) is 9.59 Å². The van der Waals surface area contributed by atoms with Gasteiger partial charge in [-0.25, -0.2) is 4.68 Å². The number of likely N-dealkylation sites (tertiary alicyclic amines) is 1. The van der Waals surface area contributed by atoms with Gasteiger partial charge in [0.25, 0.3) is 5.56 Å². The van der Waals surface area contributed by atoms with Crippen LogP contribution in [0.4, 0.5) is 0 Å². The van der Waals surface area contributed by atoms with Crippen LogP contribution in [0, 0.1) is 0 Å². The number of amides is 1. The highest BCUT2D eigenvalue weighted by Gasteiger charge is 2.45. The monoisotopic (exact) mass is 432 g/mol. The summed E-state index contributed by atoms with van der Waals surface area (Å²) >= 11 is 0. The average molecular weight is 433 g/mol. The third kappa shape index (κ3) is 3.45. The van der Waals surface area contributed by atoms with Gasteiger partial charge in [0.05, 0.1) is 24.0 Å². The van der Waals surface area contributed by atoms with Crippen LogP contribution in [0.1, 0.15) is 50.1 Å². The zero-order chi connectivity index (χ0) is 22.1. The van der Waals surface area contributed by atoms with E-state index in [0.29, 0.717) is 36.8 Å². The Morgan fingerprint density at radius 3 is 2.41 bits per heavy atom. The minimum Gasteiger partial charge on any atom is -0.497 e. The minimum absolute atomic E-state index is 0.0378. The molecule has 2 fully saturated rings. The Bertz CT molecular complexity index is 1170. The number of hydrogen-bond acceptors (Lipinski definition) is 5. The first-order chi connectivity index (χ1) is 15.6. The fraction of sp³-hybridized carbons (Fsp3) is 0.440. The zero-order valence-electron chi connectivity index (χ0n) is 18.4. The van der Waals surface area contributed by atoms with E-state index in [1.165, 1.54) is 4.68 Å². The standard InChI is InChI=1S/C25H28N4O3/c1-32-20-10-8-18(9-11-20)25(14-4-5-15-25)24(31)28-16-12-19(13-17-28)29-23(30)21-6-2-3-7-22(21)26-27-29/h2-3,6-11,19H,4-5,12-17H2,1H3. The van der Waals surface area contributed by atoms with E-state index in [2.05, 4.69) is 10.3 Å². The molecule has 32 heavy (non-hydrogen) atoms. The predicted octanol–water partition coefficient (Wildman–Crippen LogP) is 3.48. The number of carbonyl (C=O) groups excluding carboxylic acids is 1. The van der Waals surface area contributed by atoms with Crippen LogP contribution in [-0.4, -0.2) is 46.0 Å². The molecule has 1 amide bonds. The molecule has 0 unspecified atom stereocenters. The molecule has 2 aliphatic rings. The number of ether oxygens (including phenoxy) is 1. The summed E-state index contributed by atoms with van der Waals surface area (Å²) in [4.78, 5) is 28.7. The highest BCUT2D eigenvalue weighted by molar-refractivity contribution is 5.89. The largest absolute Gasteiger partial charge is 0.497 e. The molecule has 7 nitrogen and oxygen atoms in total. The second kappa shape index (κ2) is 8.37. The van der Waals surface area contributed by atoms with E-state index >= 15 is 0 Å². The summed E-state index contributed by atoms with van der Waals surface area (Å²) in [5.74, 6) is 1.02. The maximum Gasteiger partial charge on any atom is 0.277 e. The molecule has 1 saturated heterocycles. The maximum absolute atomic E-state index is 13.8. The molecule has 166 valence electrons. The number of nitrogens with zero attached hydrogens (tertiary/aromatic N) is 4. The fourth-order valence-electron chi connectivity index (χ4n) is 5.37. The van der Waals surface area contributed by atoms with Crippen LogP contribution in [0.15, 0.2) is 53.3 Å². The van der Waals surface area contributed by atoms with Gasteiger partial charge in [0, 0.05) is 13.1 Å². The minimum atomic E-state index is -0.446. The van der Waals surface area contributed by atoms with Crippen molar-refractivity contribution in [1.29, 1.82) is 0 Å². The fourth-order valence-corrected chi connectivity index (χ4v) is 5.37. The first-order valence-corrected chi connectivity index (χ1v) is 11.4. The second-order valence-electron chi connectivity index (χ2n) is 8.90. The van der Waals surface area contributed by atoms with E-state index in [1.807, 2.05) is 41.3 Å². The molecule has 1 saturated carbocycles. The molecule has 1 aromatic heterocycles. The molecule has 1 aliphatic carbocycles. The highest BCUT2D eigenvalue weighted by atomic mass is 16.5. The predicted molar refractivity (Wildman–Crippen MR) is 122 cm³/mol. The summed E-state index contributed by atoms with van der Waals surface area (Å²) in [5, 5.41) is 9.00. The van der Waals surface area contributed by atoms with Gasteiger partial charge in [0.15, 0.2) is 0 Å². The van der Waals surface area contributed by atoms with Gasteiger partial charge in [-0.3, -0.25) is 9.59 Å². The van der Waals surface area contributed by atoms with Crippen molar-refractivity contribution in [2.45, 2.75) is 50.0 Å². The lowest BCUT2D eigenvalue weighted by molar-refractivity contribution is -0.138. The van der Waals surface area contributed by atoms with Gasteiger partial charge >= 0.3 is 0 Å². The molecule has 7 heteroatoms. The SMILES string of the molecule is COc1ccc(C2(C(=O)N3CCC(n4nnc5ccccc5c4=O)CC3)CCCC2)cc1. The van der Waals surface area contributed by atoms with Crippen LogP contribution in [0.5, 0.6) is 5.75 Å². The molecule has 0 spiro atoms. The number of rotatable bonds is 4. The quantitative estimate of drug-likeness (QED) is 0.631. The Hall–Kier alpha value is -3.22. The molecule has 0 atom stereocenters. The van der Waals surface area contributed by atoms with E-state index in [4.69, 9.17) is 4.74 Å². The van der Waals surface area contributed by atoms with E-state index in [1.54, 1.807) is 19.2 Å². The first kappa shape index (κ1) is 20.7. The summed E-state index contributed by atoms with van der Waals surface area (Å²) in [6.07, 6.45) is 5.31. The zero-order valence-corrected chi connectivity index (χ0v) is 18.4. The molecule has 0 N–H and O–H groups in total. The number of hydrogen-bond donors (Lipinski definition) is 0. The average Bonchev–Trinajstić information content (AvgIpc) is 3.35. The smallest absolute Gasteiger partial charge is 0.277 e. The van der Waals surface area contributed by atoms with E-state index in [-0.39, 0.29) is 17.5 Å². The first-order valence-electron chi connectivity index (χ1n) is 11.4. The molecule has 2 heterocycles. The summed E-state index contributed by atoms with van der Waals surface area (Å²) in [6.45, 7) is 1.25. The van der Waals surface area contributed by atoms with E-state index in [0.717, 1.165) is 37.0 Å². The van der Waals surface area contributed by atoms with Crippen LogP contribution >= 0.6 is 0 Å². The van der Waals surface area contributed by atoms with Crippen molar-refractivity contribution < 1.29 is 9.53 Å². The Morgan fingerprint density at radius 1 is 1.03 bits per heavy atom. The molecular formula is C25H28N4O3.